The van der Waals surface area contributed by atoms with Gasteiger partial charge in [-0.15, -0.1) is 0 Å². The van der Waals surface area contributed by atoms with Gasteiger partial charge in [-0.25, -0.2) is 18.3 Å². The first-order valence-corrected chi connectivity index (χ1v) is 47.5. The Bertz CT molecular complexity index is 8050. The van der Waals surface area contributed by atoms with E-state index in [-0.39, 0.29) is 27.1 Å². The van der Waals surface area contributed by atoms with Crippen LogP contribution in [0.3, 0.4) is 0 Å². The van der Waals surface area contributed by atoms with Gasteiger partial charge in [0.1, 0.15) is 72.9 Å². The highest BCUT2D eigenvalue weighted by molar-refractivity contribution is 6.16. The number of aryl methyl sites for hydroxylation is 8. The molecular weight excluding hydrogens is 1600 g/mol. The Morgan fingerprint density at radius 3 is 1.00 bits per heavy atom. The lowest BCUT2D eigenvalue weighted by atomic mass is 9.64. The first-order chi connectivity index (χ1) is 63.3. The largest absolute Gasteiger partial charge is 0.455 e. The number of rotatable bonds is 9. The Kier molecular flexibility index (Phi) is 19.7. The van der Waals surface area contributed by atoms with Gasteiger partial charge in [-0.1, -0.05) is 221 Å². The molecule has 8 heterocycles. The normalized spacial score (nSPS) is 15.5. The van der Waals surface area contributed by atoms with Gasteiger partial charge in [0.25, 0.3) is 0 Å². The van der Waals surface area contributed by atoms with Gasteiger partial charge in [-0.2, -0.15) is 0 Å². The predicted octanol–water partition coefficient (Wildman–Crippen LogP) is 30.5. The highest BCUT2D eigenvalue weighted by Gasteiger charge is 2.49. The van der Waals surface area contributed by atoms with E-state index < -0.39 is 0 Å². The van der Waals surface area contributed by atoms with Crippen LogP contribution in [0.5, 0.6) is 0 Å². The highest BCUT2D eigenvalue weighted by atomic mass is 16.3. The van der Waals surface area contributed by atoms with E-state index in [2.05, 4.69) is 428 Å². The van der Waals surface area contributed by atoms with Crippen molar-refractivity contribution in [3.63, 3.8) is 0 Å². The third kappa shape index (κ3) is 12.9. The predicted molar refractivity (Wildman–Crippen MR) is 539 cm³/mol. The van der Waals surface area contributed by atoms with Crippen molar-refractivity contribution in [3.8, 4) is 89.5 Å². The van der Waals surface area contributed by atoms with Crippen LogP contribution in [0.1, 0.15) is 180 Å². The molecule has 20 aromatic rings. The monoisotopic (exact) mass is 1710 g/mol. The molecule has 8 nitrogen and oxygen atoms in total. The molecule has 1 spiro atoms. The quantitative estimate of drug-likeness (QED) is 0.135. The van der Waals surface area contributed by atoms with Crippen molar-refractivity contribution in [1.82, 2.24) is 0 Å². The number of aromatic nitrogens is 4. The van der Waals surface area contributed by atoms with Gasteiger partial charge in [0.2, 0.25) is 22.8 Å². The van der Waals surface area contributed by atoms with E-state index in [1.807, 2.05) is 0 Å². The fourth-order valence-corrected chi connectivity index (χ4v) is 24.8. The van der Waals surface area contributed by atoms with Crippen LogP contribution in [0.2, 0.25) is 0 Å². The summed E-state index contributed by atoms with van der Waals surface area (Å²) in [6.07, 6.45) is 18.0. The molecule has 131 heavy (non-hydrogen) atoms. The number of furan rings is 4. The Morgan fingerprint density at radius 1 is 0.305 bits per heavy atom. The SMILES string of the molecule is CCC1(CC)c2ccccc2-c2cc3c(cc21)oc1c(-c2cccc[n+]2C)c(C)ccc13.Cc1ccc2c(oc3cc4c(cc32)-c2ccccc2C4(C)C)c1-c1cccc[n+]1C.Cc1ccc2c(oc3cc4c(cc32)C(CC(C)C)(CC(C)(C)C)c2ccccc2-4)c1-c1cccc[n+]1C.Cc1ccc2c(oc3cc4c(cc32)C2(CCCC2)c2ccccc2-4)c1-c1cccc[n+]1C. The molecule has 648 valence electrons. The van der Waals surface area contributed by atoms with Crippen molar-refractivity contribution in [2.75, 3.05) is 0 Å². The molecule has 1 fully saturated rings. The lowest BCUT2D eigenvalue weighted by Crippen LogP contribution is -2.32. The summed E-state index contributed by atoms with van der Waals surface area (Å²) in [5.41, 5.74) is 45.1. The minimum Gasteiger partial charge on any atom is -0.455 e. The molecule has 0 N–H and O–H groups in total. The van der Waals surface area contributed by atoms with E-state index in [1.165, 1.54) is 219 Å². The third-order valence-corrected chi connectivity index (χ3v) is 30.8. The molecule has 1 atom stereocenters. The number of nitrogens with zero attached hydrogens (tertiary/aromatic N) is 4. The smallest absolute Gasteiger partial charge is 0.216 e. The molecule has 8 heteroatoms. The van der Waals surface area contributed by atoms with Crippen molar-refractivity contribution in [1.29, 1.82) is 0 Å². The molecule has 0 radical (unpaired) electrons. The summed E-state index contributed by atoms with van der Waals surface area (Å²) in [5, 5.41) is 9.66. The fourth-order valence-electron chi connectivity index (χ4n) is 24.8. The van der Waals surface area contributed by atoms with Crippen LogP contribution in [0.15, 0.2) is 309 Å². The van der Waals surface area contributed by atoms with Gasteiger partial charge < -0.3 is 17.7 Å². The Balaban J connectivity index is 0.000000102. The second-order valence-corrected chi connectivity index (χ2v) is 40.6. The standard InChI is InChI=1S/C35H38NO.C30H26NO.C30H28NO.C28H24NO/c1-22(2)20-35(21-34(4,5)6)28-13-9-8-12-24(28)26-19-31-27(18-29(26)35)25-16-15-23(3)32(33(25)37-31)30-14-10-11-17-36(30)7;1-19-12-13-21-23-17-25-22(20-9-3-4-10-24(20)30(25)14-6-7-15-30)18-27(23)32-29(21)28(19)26-11-5-8-16-31(26)2;1-5-30(6-2)24-12-8-7-11-20(24)22-17-23-21-15-14-19(3)28(26-13-9-10-16-31(26)4)29(21)32-27(23)18-25(22)30;1-17-12-13-19-21-15-20-18-9-5-6-10-22(18)28(2,3)23(20)16-25(21)30-27(19)26(17)24-11-7-8-14-29(24)4/h8-19,22H,20-21H2,1-7H3;3-5,8-13,16-18H,6-7,14-15H2,1-2H3;7-18H,5-6H2,1-4H3;5-16H,1-4H3/q4*+1. The fraction of sp³-hybridized carbons (Fsp3) is 0.252. The van der Waals surface area contributed by atoms with Crippen molar-refractivity contribution in [3.05, 3.63) is 358 Å². The molecule has 25 rings (SSSR count). The topological polar surface area (TPSA) is 68.1 Å². The molecule has 0 aliphatic heterocycles. The van der Waals surface area contributed by atoms with Crippen molar-refractivity contribution in [2.45, 2.75) is 163 Å². The first-order valence-electron chi connectivity index (χ1n) is 47.5. The number of hydrogen-bond donors (Lipinski definition) is 0. The van der Waals surface area contributed by atoms with Gasteiger partial charge >= 0.3 is 0 Å². The molecule has 12 aromatic carbocycles. The second kappa shape index (κ2) is 31.1. The summed E-state index contributed by atoms with van der Waals surface area (Å²) in [6.45, 7) is 29.8. The average Bonchev–Trinajstić information content (AvgIpc) is 1.54. The maximum Gasteiger partial charge on any atom is 0.216 e. The maximum absolute atomic E-state index is 6.75. The zero-order chi connectivity index (χ0) is 90.2. The number of pyridine rings is 4. The summed E-state index contributed by atoms with van der Waals surface area (Å²) in [4.78, 5) is 0. The van der Waals surface area contributed by atoms with Crippen LogP contribution in [-0.4, -0.2) is 0 Å². The summed E-state index contributed by atoms with van der Waals surface area (Å²) >= 11 is 0. The molecule has 1 unspecified atom stereocenters. The molecule has 5 aliphatic carbocycles. The molecule has 0 amide bonds. The van der Waals surface area contributed by atoms with Gasteiger partial charge in [-0.3, -0.25) is 0 Å². The average molecular weight is 1710 g/mol. The van der Waals surface area contributed by atoms with E-state index in [0.717, 1.165) is 76.0 Å². The molecule has 5 aliphatic rings. The Labute approximate surface area is 769 Å². The van der Waals surface area contributed by atoms with Crippen LogP contribution in [0, 0.1) is 39.0 Å². The Hall–Kier alpha value is -13.6. The lowest BCUT2D eigenvalue weighted by Gasteiger charge is -2.39. The zero-order valence-corrected chi connectivity index (χ0v) is 78.9. The molecule has 0 bridgehead atoms. The second-order valence-electron chi connectivity index (χ2n) is 40.6. The first kappa shape index (κ1) is 83.1. The van der Waals surface area contributed by atoms with Crippen molar-refractivity contribution in [2.24, 2.45) is 39.5 Å². The minimum absolute atomic E-state index is 0.00444. The number of fused-ring (bicyclic) bond motifs is 26. The maximum atomic E-state index is 6.75. The van der Waals surface area contributed by atoms with E-state index in [1.54, 1.807) is 0 Å². The van der Waals surface area contributed by atoms with Gasteiger partial charge in [-0.05, 0) is 262 Å². The summed E-state index contributed by atoms with van der Waals surface area (Å²) in [6, 6.07) is 98.0. The van der Waals surface area contributed by atoms with Gasteiger partial charge in [0.05, 0.1) is 22.3 Å². The van der Waals surface area contributed by atoms with Crippen LogP contribution in [0.4, 0.5) is 0 Å². The number of benzene rings is 12. The summed E-state index contributed by atoms with van der Waals surface area (Å²) < 4.78 is 35.3. The lowest BCUT2D eigenvalue weighted by molar-refractivity contribution is -0.660. The number of hydrogen-bond acceptors (Lipinski definition) is 4. The summed E-state index contributed by atoms with van der Waals surface area (Å²) in [5.74, 6) is 0.588. The van der Waals surface area contributed by atoms with E-state index in [9.17, 15) is 0 Å². The molecule has 0 saturated heterocycles. The van der Waals surface area contributed by atoms with Gasteiger partial charge in [0, 0.05) is 113 Å². The van der Waals surface area contributed by atoms with Crippen molar-refractivity contribution < 1.29 is 35.9 Å². The molecule has 1 saturated carbocycles. The summed E-state index contributed by atoms with van der Waals surface area (Å²) in [7, 11) is 8.39. The van der Waals surface area contributed by atoms with Crippen LogP contribution >= 0.6 is 0 Å². The van der Waals surface area contributed by atoms with Crippen molar-refractivity contribution >= 4 is 87.8 Å². The van der Waals surface area contributed by atoms with E-state index in [0.29, 0.717) is 5.92 Å². The van der Waals surface area contributed by atoms with Gasteiger partial charge in [0.15, 0.2) is 24.8 Å². The molecular formula is C123H116N4O4+4. The zero-order valence-electron chi connectivity index (χ0n) is 78.9. The third-order valence-electron chi connectivity index (χ3n) is 30.8. The highest BCUT2D eigenvalue weighted by Crippen LogP contribution is 2.62. The molecule has 8 aromatic heterocycles. The van der Waals surface area contributed by atoms with Crippen LogP contribution < -0.4 is 18.3 Å². The van der Waals surface area contributed by atoms with Crippen LogP contribution in [0.25, 0.3) is 177 Å². The van der Waals surface area contributed by atoms with Crippen LogP contribution in [-0.2, 0) is 49.9 Å². The van der Waals surface area contributed by atoms with E-state index >= 15 is 0 Å². The minimum atomic E-state index is -0.0241. The Morgan fingerprint density at radius 2 is 0.611 bits per heavy atom. The van der Waals surface area contributed by atoms with E-state index in [4.69, 9.17) is 17.7 Å².